The van der Waals surface area contributed by atoms with Gasteiger partial charge in [0.1, 0.15) is 5.82 Å². The van der Waals surface area contributed by atoms with Crippen molar-refractivity contribution in [2.45, 2.75) is 12.8 Å². The molecular weight excluding hydrogens is 330 g/mol. The lowest BCUT2D eigenvalue weighted by molar-refractivity contribution is 0.373. The van der Waals surface area contributed by atoms with Gasteiger partial charge in [-0.05, 0) is 42.2 Å². The number of rotatable bonds is 6. The molecular formula is C17H16Cl3F. The standard InChI is InChI=1S/C17H16Cl3F/c18-11-17(12-19,9-13-4-2-1-3-5-13)10-14-8-15(21)6-7-16(14)20/h1-8H,9-12H2. The summed E-state index contributed by atoms with van der Waals surface area (Å²) in [5.74, 6) is 0.475. The third kappa shape index (κ3) is 4.35. The van der Waals surface area contributed by atoms with Crippen LogP contribution in [0.3, 0.4) is 0 Å². The molecule has 2 aromatic carbocycles. The monoisotopic (exact) mass is 344 g/mol. The van der Waals surface area contributed by atoms with Crippen LogP contribution in [-0.4, -0.2) is 11.8 Å². The van der Waals surface area contributed by atoms with E-state index in [1.165, 1.54) is 12.1 Å². The average Bonchev–Trinajstić information content (AvgIpc) is 2.51. The van der Waals surface area contributed by atoms with Crippen molar-refractivity contribution in [3.05, 3.63) is 70.5 Å². The van der Waals surface area contributed by atoms with Gasteiger partial charge in [-0.1, -0.05) is 41.9 Å². The largest absolute Gasteiger partial charge is 0.207 e. The van der Waals surface area contributed by atoms with Gasteiger partial charge < -0.3 is 0 Å². The molecule has 0 atom stereocenters. The zero-order valence-electron chi connectivity index (χ0n) is 11.5. The number of benzene rings is 2. The molecule has 0 saturated carbocycles. The Morgan fingerprint density at radius 2 is 1.57 bits per heavy atom. The van der Waals surface area contributed by atoms with Crippen molar-refractivity contribution in [1.29, 1.82) is 0 Å². The van der Waals surface area contributed by atoms with Crippen LogP contribution in [0.15, 0.2) is 48.5 Å². The number of hydrogen-bond acceptors (Lipinski definition) is 0. The lowest BCUT2D eigenvalue weighted by Gasteiger charge is -2.30. The average molecular weight is 346 g/mol. The molecule has 0 heterocycles. The maximum atomic E-state index is 13.4. The normalized spacial score (nSPS) is 11.6. The molecule has 4 heteroatoms. The SMILES string of the molecule is Fc1ccc(Cl)c(CC(CCl)(CCl)Cc2ccccc2)c1. The highest BCUT2D eigenvalue weighted by molar-refractivity contribution is 6.31. The van der Waals surface area contributed by atoms with E-state index in [9.17, 15) is 4.39 Å². The summed E-state index contributed by atoms with van der Waals surface area (Å²) in [5.41, 5.74) is 1.56. The van der Waals surface area contributed by atoms with E-state index in [1.807, 2.05) is 30.3 Å². The summed E-state index contributed by atoms with van der Waals surface area (Å²) in [4.78, 5) is 0. The number of hydrogen-bond donors (Lipinski definition) is 0. The molecule has 0 N–H and O–H groups in total. The van der Waals surface area contributed by atoms with Gasteiger partial charge >= 0.3 is 0 Å². The van der Waals surface area contributed by atoms with E-state index in [0.29, 0.717) is 23.2 Å². The summed E-state index contributed by atoms with van der Waals surface area (Å²) >= 11 is 18.6. The predicted octanol–water partition coefficient (Wildman–Crippen LogP) is 5.73. The maximum Gasteiger partial charge on any atom is 0.123 e. The molecule has 0 saturated heterocycles. The van der Waals surface area contributed by atoms with Crippen molar-refractivity contribution in [3.8, 4) is 0 Å². The molecule has 0 aromatic heterocycles. The molecule has 0 spiro atoms. The molecule has 0 aliphatic rings. The van der Waals surface area contributed by atoms with Crippen LogP contribution in [0, 0.1) is 11.2 Å². The summed E-state index contributed by atoms with van der Waals surface area (Å²) in [6, 6.07) is 14.4. The summed E-state index contributed by atoms with van der Waals surface area (Å²) in [6.45, 7) is 0. The molecule has 2 aromatic rings. The predicted molar refractivity (Wildman–Crippen MR) is 89.1 cm³/mol. The van der Waals surface area contributed by atoms with Crippen LogP contribution in [0.4, 0.5) is 4.39 Å². The van der Waals surface area contributed by atoms with E-state index >= 15 is 0 Å². The molecule has 0 nitrogen and oxygen atoms in total. The van der Waals surface area contributed by atoms with Crippen molar-refractivity contribution in [1.82, 2.24) is 0 Å². The molecule has 0 radical (unpaired) electrons. The van der Waals surface area contributed by atoms with Gasteiger partial charge in [0.2, 0.25) is 0 Å². The van der Waals surface area contributed by atoms with Crippen LogP contribution in [0.1, 0.15) is 11.1 Å². The van der Waals surface area contributed by atoms with E-state index in [2.05, 4.69) is 0 Å². The van der Waals surface area contributed by atoms with Crippen LogP contribution >= 0.6 is 34.8 Å². The Kier molecular flexibility index (Phi) is 5.92. The molecule has 0 aliphatic heterocycles. The smallest absolute Gasteiger partial charge is 0.123 e. The number of halogens is 4. The number of alkyl halides is 2. The first-order chi connectivity index (χ1) is 10.1. The molecule has 0 fully saturated rings. The lowest BCUT2D eigenvalue weighted by atomic mass is 9.79. The molecule has 0 aliphatic carbocycles. The Bertz CT molecular complexity index is 580. The van der Waals surface area contributed by atoms with Gasteiger partial charge in [0.05, 0.1) is 0 Å². The first-order valence-corrected chi connectivity index (χ1v) is 8.13. The summed E-state index contributed by atoms with van der Waals surface area (Å²) in [7, 11) is 0. The van der Waals surface area contributed by atoms with Crippen molar-refractivity contribution in [2.24, 2.45) is 5.41 Å². The second kappa shape index (κ2) is 7.49. The third-order valence-electron chi connectivity index (χ3n) is 3.56. The van der Waals surface area contributed by atoms with Crippen molar-refractivity contribution in [3.63, 3.8) is 0 Å². The molecule has 21 heavy (non-hydrogen) atoms. The minimum Gasteiger partial charge on any atom is -0.207 e. The lowest BCUT2D eigenvalue weighted by Crippen LogP contribution is -2.31. The Balaban J connectivity index is 2.27. The maximum absolute atomic E-state index is 13.4. The Labute approximate surface area is 139 Å². The van der Waals surface area contributed by atoms with Gasteiger partial charge in [0.15, 0.2) is 0 Å². The van der Waals surface area contributed by atoms with E-state index in [1.54, 1.807) is 6.07 Å². The first-order valence-electron chi connectivity index (χ1n) is 6.68. The van der Waals surface area contributed by atoms with Gasteiger partial charge in [0, 0.05) is 22.2 Å². The summed E-state index contributed by atoms with van der Waals surface area (Å²) in [5, 5.41) is 0.545. The second-order valence-corrected chi connectivity index (χ2v) is 6.28. The van der Waals surface area contributed by atoms with Gasteiger partial charge in [0.25, 0.3) is 0 Å². The van der Waals surface area contributed by atoms with Crippen molar-refractivity contribution in [2.75, 3.05) is 11.8 Å². The Morgan fingerprint density at radius 3 is 2.19 bits per heavy atom. The molecule has 2 rings (SSSR count). The highest BCUT2D eigenvalue weighted by Crippen LogP contribution is 2.33. The van der Waals surface area contributed by atoms with E-state index in [-0.39, 0.29) is 11.2 Å². The van der Waals surface area contributed by atoms with E-state index < -0.39 is 0 Å². The second-order valence-electron chi connectivity index (χ2n) is 5.34. The van der Waals surface area contributed by atoms with Gasteiger partial charge in [-0.25, -0.2) is 4.39 Å². The van der Waals surface area contributed by atoms with Crippen LogP contribution in [0.25, 0.3) is 0 Å². The zero-order valence-corrected chi connectivity index (χ0v) is 13.7. The Morgan fingerprint density at radius 1 is 0.905 bits per heavy atom. The highest BCUT2D eigenvalue weighted by Gasteiger charge is 2.30. The molecule has 0 amide bonds. The van der Waals surface area contributed by atoms with Crippen molar-refractivity contribution < 1.29 is 4.39 Å². The molecule has 112 valence electrons. The zero-order chi connectivity index (χ0) is 15.3. The minimum atomic E-state index is -0.345. The highest BCUT2D eigenvalue weighted by atomic mass is 35.5. The van der Waals surface area contributed by atoms with Gasteiger partial charge in [-0.2, -0.15) is 0 Å². The van der Waals surface area contributed by atoms with Crippen LogP contribution in [0.5, 0.6) is 0 Å². The Hall–Kier alpha value is -0.760. The van der Waals surface area contributed by atoms with Crippen LogP contribution in [-0.2, 0) is 12.8 Å². The fourth-order valence-electron chi connectivity index (χ4n) is 2.40. The van der Waals surface area contributed by atoms with Gasteiger partial charge in [-0.15, -0.1) is 23.2 Å². The van der Waals surface area contributed by atoms with E-state index in [0.717, 1.165) is 17.5 Å². The summed E-state index contributed by atoms with van der Waals surface area (Å²) < 4.78 is 13.4. The minimum absolute atomic E-state index is 0.299. The van der Waals surface area contributed by atoms with Crippen molar-refractivity contribution >= 4 is 34.8 Å². The van der Waals surface area contributed by atoms with Gasteiger partial charge in [-0.3, -0.25) is 0 Å². The third-order valence-corrected chi connectivity index (χ3v) is 5.06. The topological polar surface area (TPSA) is 0 Å². The summed E-state index contributed by atoms with van der Waals surface area (Å²) in [6.07, 6.45) is 1.28. The fraction of sp³-hybridized carbons (Fsp3) is 0.294. The van der Waals surface area contributed by atoms with E-state index in [4.69, 9.17) is 34.8 Å². The van der Waals surface area contributed by atoms with Crippen LogP contribution < -0.4 is 0 Å². The first kappa shape index (κ1) is 16.6. The van der Waals surface area contributed by atoms with Crippen LogP contribution in [0.2, 0.25) is 5.02 Å². The quantitative estimate of drug-likeness (QED) is 0.587. The fourth-order valence-corrected chi connectivity index (χ4v) is 3.25. The molecule has 0 unspecified atom stereocenters. The molecule has 0 bridgehead atoms.